The van der Waals surface area contributed by atoms with Crippen LogP contribution in [0.5, 0.6) is 0 Å². The second-order valence-corrected chi connectivity index (χ2v) is 9.19. The van der Waals surface area contributed by atoms with Crippen molar-refractivity contribution in [3.63, 3.8) is 0 Å². The number of halogens is 4. The number of carbonyl (C=O) groups is 2. The van der Waals surface area contributed by atoms with Crippen LogP contribution in [0.3, 0.4) is 0 Å². The van der Waals surface area contributed by atoms with E-state index in [9.17, 15) is 14.7 Å². The molecule has 1 aliphatic rings. The summed E-state index contributed by atoms with van der Waals surface area (Å²) in [6.07, 6.45) is -0.617. The highest BCUT2D eigenvalue weighted by molar-refractivity contribution is 6.44. The summed E-state index contributed by atoms with van der Waals surface area (Å²) in [6.45, 7) is 6.79. The van der Waals surface area contributed by atoms with Crippen molar-refractivity contribution in [2.45, 2.75) is 62.4 Å². The van der Waals surface area contributed by atoms with Crippen LogP contribution in [0, 0.1) is 17.3 Å². The third-order valence-corrected chi connectivity index (χ3v) is 6.16. The van der Waals surface area contributed by atoms with Gasteiger partial charge in [-0.1, -0.05) is 13.8 Å². The lowest BCUT2D eigenvalue weighted by Gasteiger charge is -2.28. The Bertz CT molecular complexity index is 456. The molecule has 0 radical (unpaired) electrons. The van der Waals surface area contributed by atoms with Gasteiger partial charge in [-0.25, -0.2) is 0 Å². The molecule has 1 unspecified atom stereocenters. The molecule has 1 saturated heterocycles. The molecule has 0 aliphatic carbocycles. The lowest BCUT2D eigenvalue weighted by atomic mass is 9.84. The van der Waals surface area contributed by atoms with E-state index in [1.807, 2.05) is 6.92 Å². The van der Waals surface area contributed by atoms with Gasteiger partial charge in [0.1, 0.15) is 9.67 Å². The normalized spacial score (nSPS) is 26.9. The first-order valence-electron chi connectivity index (χ1n) is 7.52. The number of hydrogen-bond donors (Lipinski definition) is 1. The maximum atomic E-state index is 12.6. The topological polar surface area (TPSA) is 57.6 Å². The maximum absolute atomic E-state index is 12.6. The third-order valence-electron chi connectivity index (χ3n) is 4.44. The molecule has 0 saturated carbocycles. The van der Waals surface area contributed by atoms with Crippen molar-refractivity contribution >= 4 is 58.2 Å². The van der Waals surface area contributed by atoms with E-state index in [2.05, 4.69) is 0 Å². The van der Waals surface area contributed by atoms with Gasteiger partial charge in [0.25, 0.3) is 0 Å². The van der Waals surface area contributed by atoms with Crippen molar-refractivity contribution in [3.05, 3.63) is 0 Å². The highest BCUT2D eigenvalue weighted by Crippen LogP contribution is 2.40. The van der Waals surface area contributed by atoms with Crippen molar-refractivity contribution in [2.24, 2.45) is 17.3 Å². The highest BCUT2D eigenvalue weighted by atomic mass is 35.5. The average Bonchev–Trinajstić information content (AvgIpc) is 2.59. The number of carbonyl (C=O) groups excluding carboxylic acids is 2. The second-order valence-electron chi connectivity index (χ2n) is 6.87. The standard InChI is InChI=1S/C15H23Cl4NO3/c1-7(12(16)17)5-9-11(22)15(3,4)14(23)20(9)10(21)6-8(2)13(18)19/h7-9,11-13,22H,5-6H2,1-4H3/t7?,8-,9-,11+/m0/s1. The zero-order chi connectivity index (χ0) is 18.1. The zero-order valence-electron chi connectivity index (χ0n) is 13.6. The fourth-order valence-corrected chi connectivity index (χ4v) is 3.07. The average molecular weight is 407 g/mol. The summed E-state index contributed by atoms with van der Waals surface area (Å²) in [5, 5.41) is 10.5. The van der Waals surface area contributed by atoms with Gasteiger partial charge in [0.05, 0.1) is 17.6 Å². The number of imide groups is 1. The van der Waals surface area contributed by atoms with E-state index >= 15 is 0 Å². The van der Waals surface area contributed by atoms with Gasteiger partial charge < -0.3 is 5.11 Å². The fourth-order valence-electron chi connectivity index (χ4n) is 2.69. The number of aliphatic hydroxyl groups is 1. The van der Waals surface area contributed by atoms with Crippen LogP contribution in [-0.2, 0) is 9.59 Å². The monoisotopic (exact) mass is 405 g/mol. The molecule has 0 aromatic rings. The molecule has 4 atom stereocenters. The molecular formula is C15H23Cl4NO3. The Hall–Kier alpha value is 0.260. The molecule has 2 amide bonds. The summed E-state index contributed by atoms with van der Waals surface area (Å²) >= 11 is 23.3. The SMILES string of the molecule is CC(C[C@H]1[C@@H](O)C(C)(C)C(=O)N1C(=O)C[C@H](C)C(Cl)Cl)C(Cl)Cl. The smallest absolute Gasteiger partial charge is 0.237 e. The van der Waals surface area contributed by atoms with Gasteiger partial charge in [-0.3, -0.25) is 14.5 Å². The van der Waals surface area contributed by atoms with Crippen LogP contribution < -0.4 is 0 Å². The number of alkyl halides is 4. The molecule has 8 heteroatoms. The number of nitrogens with zero attached hydrogens (tertiary/aromatic N) is 1. The summed E-state index contributed by atoms with van der Waals surface area (Å²) in [6, 6.07) is -0.656. The van der Waals surface area contributed by atoms with E-state index < -0.39 is 39.0 Å². The first kappa shape index (κ1) is 21.3. The number of amides is 2. The van der Waals surface area contributed by atoms with Crippen LogP contribution in [0.1, 0.15) is 40.5 Å². The summed E-state index contributed by atoms with van der Waals surface area (Å²) < 4.78 is 0. The Balaban J connectivity index is 3.03. The van der Waals surface area contributed by atoms with Gasteiger partial charge in [0, 0.05) is 6.42 Å². The molecule has 1 rings (SSSR count). The van der Waals surface area contributed by atoms with Crippen molar-refractivity contribution in [3.8, 4) is 0 Å². The largest absolute Gasteiger partial charge is 0.390 e. The molecule has 1 N–H and O–H groups in total. The molecule has 1 fully saturated rings. The lowest BCUT2D eigenvalue weighted by molar-refractivity contribution is -0.147. The Labute approximate surface area is 157 Å². The second kappa shape index (κ2) is 8.09. The molecular weight excluding hydrogens is 384 g/mol. The van der Waals surface area contributed by atoms with E-state index in [1.165, 1.54) is 0 Å². The number of aliphatic hydroxyl groups excluding tert-OH is 1. The van der Waals surface area contributed by atoms with E-state index in [4.69, 9.17) is 46.4 Å². The molecule has 23 heavy (non-hydrogen) atoms. The first-order valence-corrected chi connectivity index (χ1v) is 9.26. The minimum absolute atomic E-state index is 0.0300. The summed E-state index contributed by atoms with van der Waals surface area (Å²) in [4.78, 5) is 25.0. The first-order chi connectivity index (χ1) is 10.4. The molecule has 4 nitrogen and oxygen atoms in total. The summed E-state index contributed by atoms with van der Waals surface area (Å²) in [5.74, 6) is -1.27. The highest BCUT2D eigenvalue weighted by Gasteiger charge is 2.55. The molecule has 1 aliphatic heterocycles. The Kier molecular flexibility index (Phi) is 7.50. The third kappa shape index (κ3) is 4.66. The van der Waals surface area contributed by atoms with Crippen LogP contribution >= 0.6 is 46.4 Å². The molecule has 0 aromatic heterocycles. The van der Waals surface area contributed by atoms with Crippen molar-refractivity contribution in [1.29, 1.82) is 0 Å². The maximum Gasteiger partial charge on any atom is 0.237 e. The number of rotatable bonds is 6. The van der Waals surface area contributed by atoms with Crippen LogP contribution in [0.15, 0.2) is 0 Å². The molecule has 0 bridgehead atoms. The van der Waals surface area contributed by atoms with Gasteiger partial charge in [0.15, 0.2) is 0 Å². The molecule has 0 aromatic carbocycles. The Morgan fingerprint density at radius 3 is 2.09 bits per heavy atom. The summed E-state index contributed by atoms with van der Waals surface area (Å²) in [5.41, 5.74) is -1.04. The summed E-state index contributed by atoms with van der Waals surface area (Å²) in [7, 11) is 0. The molecule has 1 heterocycles. The van der Waals surface area contributed by atoms with Crippen LogP contribution in [0.2, 0.25) is 0 Å². The van der Waals surface area contributed by atoms with Gasteiger partial charge in [-0.15, -0.1) is 46.4 Å². The van der Waals surface area contributed by atoms with Gasteiger partial charge >= 0.3 is 0 Å². The number of hydrogen-bond acceptors (Lipinski definition) is 3. The van der Waals surface area contributed by atoms with Crippen molar-refractivity contribution < 1.29 is 14.7 Å². The minimum atomic E-state index is -1.04. The predicted molar refractivity (Wildman–Crippen MR) is 94.0 cm³/mol. The predicted octanol–water partition coefficient (Wildman–Crippen LogP) is 3.77. The van der Waals surface area contributed by atoms with Crippen LogP contribution in [0.4, 0.5) is 0 Å². The lowest BCUT2D eigenvalue weighted by Crippen LogP contribution is -2.43. The quantitative estimate of drug-likeness (QED) is 0.683. The van der Waals surface area contributed by atoms with Crippen molar-refractivity contribution in [1.82, 2.24) is 4.90 Å². The number of likely N-dealkylation sites (tertiary alicyclic amines) is 1. The minimum Gasteiger partial charge on any atom is -0.390 e. The van der Waals surface area contributed by atoms with Crippen molar-refractivity contribution in [2.75, 3.05) is 0 Å². The van der Waals surface area contributed by atoms with Gasteiger partial charge in [-0.2, -0.15) is 0 Å². The molecule has 134 valence electrons. The van der Waals surface area contributed by atoms with E-state index in [1.54, 1.807) is 20.8 Å². The van der Waals surface area contributed by atoms with Crippen LogP contribution in [-0.4, -0.2) is 43.6 Å². The fraction of sp³-hybridized carbons (Fsp3) is 0.867. The van der Waals surface area contributed by atoms with Gasteiger partial charge in [0.2, 0.25) is 11.8 Å². The van der Waals surface area contributed by atoms with Crippen LogP contribution in [0.25, 0.3) is 0 Å². The Morgan fingerprint density at radius 1 is 1.17 bits per heavy atom. The Morgan fingerprint density at radius 2 is 1.65 bits per heavy atom. The van der Waals surface area contributed by atoms with E-state index in [0.717, 1.165) is 4.90 Å². The zero-order valence-corrected chi connectivity index (χ0v) is 16.6. The van der Waals surface area contributed by atoms with E-state index in [-0.39, 0.29) is 18.3 Å². The van der Waals surface area contributed by atoms with E-state index in [0.29, 0.717) is 6.42 Å². The molecule has 0 spiro atoms. The van der Waals surface area contributed by atoms with Gasteiger partial charge in [-0.05, 0) is 32.1 Å².